The highest BCUT2D eigenvalue weighted by Gasteiger charge is 2.05. The molecule has 1 heterocycles. The molecule has 0 aliphatic carbocycles. The molecule has 9 heteroatoms. The van der Waals surface area contributed by atoms with E-state index in [0.29, 0.717) is 13.1 Å². The lowest BCUT2D eigenvalue weighted by atomic mass is 10.1. The standard InChI is InChI=1S/C22H28N6O2.HI/c1-23-22(25-10-9-17-7-8-20(29-2)21(12-17)30-3)26-13-18-5-4-6-19(11-18)14-28-16-24-15-27-28;/h4-8,11-12,15-16H,9-10,13-14H2,1-3H3,(H2,23,25,26);1H. The zero-order valence-electron chi connectivity index (χ0n) is 18.0. The van der Waals surface area contributed by atoms with Crippen LogP contribution in [0.15, 0.2) is 60.1 Å². The Hall–Kier alpha value is -2.82. The summed E-state index contributed by atoms with van der Waals surface area (Å²) in [5, 5.41) is 10.9. The van der Waals surface area contributed by atoms with E-state index in [9.17, 15) is 0 Å². The Morgan fingerprint density at radius 3 is 2.52 bits per heavy atom. The summed E-state index contributed by atoms with van der Waals surface area (Å²) >= 11 is 0. The normalized spacial score (nSPS) is 10.9. The third-order valence-electron chi connectivity index (χ3n) is 4.64. The molecule has 0 atom stereocenters. The lowest BCUT2D eigenvalue weighted by Gasteiger charge is -2.13. The van der Waals surface area contributed by atoms with E-state index in [-0.39, 0.29) is 24.0 Å². The molecule has 1 aromatic heterocycles. The maximum Gasteiger partial charge on any atom is 0.191 e. The smallest absolute Gasteiger partial charge is 0.191 e. The number of aromatic nitrogens is 3. The van der Waals surface area contributed by atoms with Gasteiger partial charge in [-0.05, 0) is 35.2 Å². The summed E-state index contributed by atoms with van der Waals surface area (Å²) in [4.78, 5) is 8.29. The van der Waals surface area contributed by atoms with Crippen molar-refractivity contribution in [2.45, 2.75) is 19.5 Å². The summed E-state index contributed by atoms with van der Waals surface area (Å²) in [7, 11) is 5.05. The van der Waals surface area contributed by atoms with Crippen molar-refractivity contribution < 1.29 is 9.47 Å². The van der Waals surface area contributed by atoms with Gasteiger partial charge in [-0.1, -0.05) is 30.3 Å². The van der Waals surface area contributed by atoms with Crippen LogP contribution in [0.2, 0.25) is 0 Å². The van der Waals surface area contributed by atoms with Crippen LogP contribution in [-0.2, 0) is 19.5 Å². The number of guanidine groups is 1. The number of aliphatic imine (C=N–C) groups is 1. The Balaban J connectivity index is 0.00000341. The molecule has 166 valence electrons. The Labute approximate surface area is 200 Å². The summed E-state index contributed by atoms with van der Waals surface area (Å²) in [5.74, 6) is 2.23. The molecule has 0 saturated carbocycles. The first kappa shape index (κ1) is 24.4. The molecular weight excluding hydrogens is 507 g/mol. The number of nitrogens with one attached hydrogen (secondary N) is 2. The molecule has 3 aromatic rings. The van der Waals surface area contributed by atoms with E-state index < -0.39 is 0 Å². The lowest BCUT2D eigenvalue weighted by Crippen LogP contribution is -2.37. The second kappa shape index (κ2) is 12.8. The Kier molecular flexibility index (Phi) is 10.1. The molecule has 8 nitrogen and oxygen atoms in total. The second-order valence-electron chi connectivity index (χ2n) is 6.70. The fourth-order valence-corrected chi connectivity index (χ4v) is 3.11. The first-order valence-corrected chi connectivity index (χ1v) is 9.77. The molecule has 0 radical (unpaired) electrons. The predicted molar refractivity (Wildman–Crippen MR) is 132 cm³/mol. The van der Waals surface area contributed by atoms with Crippen LogP contribution in [-0.4, -0.2) is 48.5 Å². The zero-order chi connectivity index (χ0) is 21.2. The second-order valence-corrected chi connectivity index (χ2v) is 6.70. The number of hydrogen-bond acceptors (Lipinski definition) is 5. The SMILES string of the molecule is CN=C(NCCc1ccc(OC)c(OC)c1)NCc1cccc(Cn2cncn2)c1.I. The Morgan fingerprint density at radius 1 is 1.00 bits per heavy atom. The molecular formula is C22H29IN6O2. The van der Waals surface area contributed by atoms with Gasteiger partial charge in [0.2, 0.25) is 0 Å². The van der Waals surface area contributed by atoms with Crippen molar-refractivity contribution in [3.8, 4) is 11.5 Å². The van der Waals surface area contributed by atoms with Crippen LogP contribution in [0, 0.1) is 0 Å². The Morgan fingerprint density at radius 2 is 1.81 bits per heavy atom. The van der Waals surface area contributed by atoms with Gasteiger partial charge >= 0.3 is 0 Å². The fourth-order valence-electron chi connectivity index (χ4n) is 3.11. The molecule has 0 aliphatic rings. The first-order valence-electron chi connectivity index (χ1n) is 9.77. The number of methoxy groups -OCH3 is 2. The van der Waals surface area contributed by atoms with Gasteiger partial charge in [0.05, 0.1) is 20.8 Å². The van der Waals surface area contributed by atoms with Crippen molar-refractivity contribution in [3.05, 3.63) is 71.8 Å². The topological polar surface area (TPSA) is 85.6 Å². The van der Waals surface area contributed by atoms with Crippen LogP contribution in [0.3, 0.4) is 0 Å². The molecule has 2 N–H and O–H groups in total. The van der Waals surface area contributed by atoms with Crippen LogP contribution < -0.4 is 20.1 Å². The van der Waals surface area contributed by atoms with E-state index in [2.05, 4.69) is 50.0 Å². The molecule has 0 unspecified atom stereocenters. The summed E-state index contributed by atoms with van der Waals surface area (Å²) in [6.07, 6.45) is 4.10. The maximum absolute atomic E-state index is 5.37. The van der Waals surface area contributed by atoms with E-state index in [4.69, 9.17) is 9.47 Å². The van der Waals surface area contributed by atoms with Gasteiger partial charge in [0.15, 0.2) is 17.5 Å². The van der Waals surface area contributed by atoms with Crippen molar-refractivity contribution >= 4 is 29.9 Å². The number of benzene rings is 2. The number of rotatable bonds is 9. The van der Waals surface area contributed by atoms with Crippen LogP contribution in [0.4, 0.5) is 0 Å². The summed E-state index contributed by atoms with van der Waals surface area (Å²) in [5.41, 5.74) is 3.52. The van der Waals surface area contributed by atoms with Gasteiger partial charge in [0.25, 0.3) is 0 Å². The quantitative estimate of drug-likeness (QED) is 0.249. The van der Waals surface area contributed by atoms with Crippen molar-refractivity contribution in [2.75, 3.05) is 27.8 Å². The van der Waals surface area contributed by atoms with Gasteiger partial charge in [-0.3, -0.25) is 4.99 Å². The molecule has 0 fully saturated rings. The monoisotopic (exact) mass is 536 g/mol. The number of nitrogens with zero attached hydrogens (tertiary/aromatic N) is 4. The fraction of sp³-hybridized carbons (Fsp3) is 0.318. The average molecular weight is 536 g/mol. The highest BCUT2D eigenvalue weighted by molar-refractivity contribution is 14.0. The number of ether oxygens (including phenoxy) is 2. The van der Waals surface area contributed by atoms with Gasteiger partial charge in [-0.15, -0.1) is 24.0 Å². The molecule has 2 aromatic carbocycles. The molecule has 31 heavy (non-hydrogen) atoms. The van der Waals surface area contributed by atoms with Crippen LogP contribution in [0.1, 0.15) is 16.7 Å². The summed E-state index contributed by atoms with van der Waals surface area (Å²) in [6, 6.07) is 14.4. The van der Waals surface area contributed by atoms with Gasteiger partial charge in [-0.2, -0.15) is 5.10 Å². The average Bonchev–Trinajstić information content (AvgIpc) is 3.29. The van der Waals surface area contributed by atoms with Crippen LogP contribution >= 0.6 is 24.0 Å². The molecule has 0 bridgehead atoms. The van der Waals surface area contributed by atoms with Gasteiger partial charge < -0.3 is 20.1 Å². The van der Waals surface area contributed by atoms with E-state index in [1.807, 2.05) is 18.2 Å². The van der Waals surface area contributed by atoms with Crippen LogP contribution in [0.25, 0.3) is 0 Å². The van der Waals surface area contributed by atoms with E-state index in [1.165, 1.54) is 11.1 Å². The zero-order valence-corrected chi connectivity index (χ0v) is 20.4. The van der Waals surface area contributed by atoms with Crippen LogP contribution in [0.5, 0.6) is 11.5 Å². The highest BCUT2D eigenvalue weighted by Crippen LogP contribution is 2.27. The lowest BCUT2D eigenvalue weighted by molar-refractivity contribution is 0.354. The third-order valence-corrected chi connectivity index (χ3v) is 4.64. The minimum atomic E-state index is 0. The molecule has 0 saturated heterocycles. The number of hydrogen-bond donors (Lipinski definition) is 2. The van der Waals surface area contributed by atoms with Crippen molar-refractivity contribution in [3.63, 3.8) is 0 Å². The molecule has 0 aliphatic heterocycles. The maximum atomic E-state index is 5.37. The van der Waals surface area contributed by atoms with E-state index in [1.54, 1.807) is 38.6 Å². The molecule has 3 rings (SSSR count). The van der Waals surface area contributed by atoms with Crippen molar-refractivity contribution in [1.29, 1.82) is 0 Å². The van der Waals surface area contributed by atoms with E-state index >= 15 is 0 Å². The third kappa shape index (κ3) is 7.42. The predicted octanol–water partition coefficient (Wildman–Crippen LogP) is 2.87. The van der Waals surface area contributed by atoms with Crippen molar-refractivity contribution in [1.82, 2.24) is 25.4 Å². The van der Waals surface area contributed by atoms with Gasteiger partial charge in [-0.25, -0.2) is 9.67 Å². The minimum absolute atomic E-state index is 0. The molecule has 0 spiro atoms. The highest BCUT2D eigenvalue weighted by atomic mass is 127. The van der Waals surface area contributed by atoms with Gasteiger partial charge in [0, 0.05) is 20.1 Å². The largest absolute Gasteiger partial charge is 0.493 e. The first-order chi connectivity index (χ1) is 14.7. The molecule has 0 amide bonds. The summed E-state index contributed by atoms with van der Waals surface area (Å²) in [6.45, 7) is 2.13. The van der Waals surface area contributed by atoms with Gasteiger partial charge in [0.1, 0.15) is 12.7 Å². The Bertz CT molecular complexity index is 962. The number of halogens is 1. The van der Waals surface area contributed by atoms with Crippen molar-refractivity contribution in [2.24, 2.45) is 4.99 Å². The summed E-state index contributed by atoms with van der Waals surface area (Å²) < 4.78 is 12.5. The van der Waals surface area contributed by atoms with E-state index in [0.717, 1.165) is 36.0 Å². The minimum Gasteiger partial charge on any atom is -0.493 e.